The van der Waals surface area contributed by atoms with Gasteiger partial charge in [-0.15, -0.1) is 0 Å². The lowest BCUT2D eigenvalue weighted by Crippen LogP contribution is -2.00. The summed E-state index contributed by atoms with van der Waals surface area (Å²) in [5.74, 6) is -0.948. The Morgan fingerprint density at radius 3 is 2.19 bits per heavy atom. The van der Waals surface area contributed by atoms with E-state index in [1.165, 1.54) is 5.56 Å². The molecule has 3 aromatic carbocycles. The van der Waals surface area contributed by atoms with Gasteiger partial charge in [-0.1, -0.05) is 60.7 Å². The van der Waals surface area contributed by atoms with Gasteiger partial charge in [0, 0.05) is 11.8 Å². The molecule has 0 aliphatic rings. The maximum absolute atomic E-state index is 11.1. The number of benzene rings is 3. The monoisotopic (exact) mass is 340 g/mol. The lowest BCUT2D eigenvalue weighted by atomic mass is 10.0. The van der Waals surface area contributed by atoms with Gasteiger partial charge in [0.15, 0.2) is 0 Å². The van der Waals surface area contributed by atoms with Crippen LogP contribution < -0.4 is 0 Å². The highest BCUT2D eigenvalue weighted by Crippen LogP contribution is 2.24. The van der Waals surface area contributed by atoms with Crippen LogP contribution in [0.5, 0.6) is 0 Å². The lowest BCUT2D eigenvalue weighted by Gasteiger charge is -2.04. The first-order valence-electron chi connectivity index (χ1n) is 8.26. The van der Waals surface area contributed by atoms with Crippen LogP contribution >= 0.6 is 0 Å². The van der Waals surface area contributed by atoms with Crippen LogP contribution in [0.25, 0.3) is 28.1 Å². The fraction of sp³-hybridized carbons (Fsp3) is 0. The molecule has 0 amide bonds. The third kappa shape index (κ3) is 3.13. The Bertz CT molecular complexity index is 1050. The summed E-state index contributed by atoms with van der Waals surface area (Å²) in [6, 6.07) is 27.1. The number of hydrogen-bond donors (Lipinski definition) is 1. The maximum Gasteiger partial charge on any atom is 0.335 e. The summed E-state index contributed by atoms with van der Waals surface area (Å²) in [5.41, 5.74) is 5.14. The predicted molar refractivity (Wildman–Crippen MR) is 101 cm³/mol. The first-order chi connectivity index (χ1) is 12.7. The quantitative estimate of drug-likeness (QED) is 0.574. The van der Waals surface area contributed by atoms with Crippen LogP contribution in [0.2, 0.25) is 0 Å². The molecule has 1 aromatic heterocycles. The number of carboxylic acid groups (broad SMARTS) is 1. The molecule has 0 aliphatic heterocycles. The zero-order valence-corrected chi connectivity index (χ0v) is 13.9. The molecular formula is C22H16N2O2. The summed E-state index contributed by atoms with van der Waals surface area (Å²) in [6.07, 6.45) is 1.83. The van der Waals surface area contributed by atoms with Gasteiger partial charge >= 0.3 is 5.97 Å². The van der Waals surface area contributed by atoms with E-state index < -0.39 is 5.97 Å². The lowest BCUT2D eigenvalue weighted by molar-refractivity contribution is 0.0697. The first kappa shape index (κ1) is 15.8. The van der Waals surface area contributed by atoms with Crippen LogP contribution in [0, 0.1) is 0 Å². The third-order valence-corrected chi connectivity index (χ3v) is 4.23. The van der Waals surface area contributed by atoms with Gasteiger partial charge in [-0.05, 0) is 35.4 Å². The van der Waals surface area contributed by atoms with Crippen LogP contribution in [0.3, 0.4) is 0 Å². The van der Waals surface area contributed by atoms with E-state index >= 15 is 0 Å². The Kier molecular flexibility index (Phi) is 4.07. The van der Waals surface area contributed by atoms with Crippen molar-refractivity contribution in [3.05, 3.63) is 96.7 Å². The molecule has 0 bridgehead atoms. The fourth-order valence-corrected chi connectivity index (χ4v) is 2.87. The van der Waals surface area contributed by atoms with Gasteiger partial charge in [0.25, 0.3) is 0 Å². The highest BCUT2D eigenvalue weighted by atomic mass is 16.4. The van der Waals surface area contributed by atoms with Crippen molar-refractivity contribution in [2.45, 2.75) is 0 Å². The SMILES string of the molecule is O=C(O)c1cccc(-n2ccc(-c3ccc(-c4ccccc4)cc3)n2)c1. The molecule has 0 radical (unpaired) electrons. The van der Waals surface area contributed by atoms with Gasteiger partial charge < -0.3 is 5.11 Å². The maximum atomic E-state index is 11.1. The van der Waals surface area contributed by atoms with E-state index in [0.29, 0.717) is 0 Å². The molecule has 0 fully saturated rings. The molecule has 4 nitrogen and oxygen atoms in total. The molecule has 26 heavy (non-hydrogen) atoms. The van der Waals surface area contributed by atoms with Gasteiger partial charge in [0.05, 0.1) is 16.9 Å². The van der Waals surface area contributed by atoms with Gasteiger partial charge in [-0.25, -0.2) is 9.48 Å². The van der Waals surface area contributed by atoms with Gasteiger partial charge in [0.1, 0.15) is 0 Å². The highest BCUT2D eigenvalue weighted by Gasteiger charge is 2.07. The molecule has 4 aromatic rings. The van der Waals surface area contributed by atoms with Crippen molar-refractivity contribution in [1.29, 1.82) is 0 Å². The second-order valence-corrected chi connectivity index (χ2v) is 5.94. The van der Waals surface area contributed by atoms with Crippen LogP contribution in [-0.2, 0) is 0 Å². The number of rotatable bonds is 4. The number of carboxylic acids is 1. The van der Waals surface area contributed by atoms with Crippen molar-refractivity contribution in [1.82, 2.24) is 9.78 Å². The summed E-state index contributed by atoms with van der Waals surface area (Å²) >= 11 is 0. The summed E-state index contributed by atoms with van der Waals surface area (Å²) < 4.78 is 1.69. The van der Waals surface area contributed by atoms with Crippen LogP contribution in [0.15, 0.2) is 91.1 Å². The minimum atomic E-state index is -0.948. The Labute approximate surface area is 151 Å². The number of hydrogen-bond acceptors (Lipinski definition) is 2. The molecule has 126 valence electrons. The van der Waals surface area contributed by atoms with Crippen molar-refractivity contribution in [3.63, 3.8) is 0 Å². The van der Waals surface area contributed by atoms with E-state index in [0.717, 1.165) is 22.5 Å². The number of aromatic carboxylic acids is 1. The van der Waals surface area contributed by atoms with E-state index in [9.17, 15) is 4.79 Å². The summed E-state index contributed by atoms with van der Waals surface area (Å²) in [7, 11) is 0. The molecule has 4 rings (SSSR count). The van der Waals surface area contributed by atoms with Crippen LogP contribution in [0.4, 0.5) is 0 Å². The predicted octanol–water partition coefficient (Wildman–Crippen LogP) is 4.90. The second kappa shape index (κ2) is 6.69. The Morgan fingerprint density at radius 1 is 0.769 bits per heavy atom. The largest absolute Gasteiger partial charge is 0.478 e. The smallest absolute Gasteiger partial charge is 0.335 e. The van der Waals surface area contributed by atoms with E-state index in [2.05, 4.69) is 29.4 Å². The van der Waals surface area contributed by atoms with E-state index in [1.54, 1.807) is 22.9 Å². The molecule has 0 spiro atoms. The van der Waals surface area contributed by atoms with Crippen molar-refractivity contribution in [2.24, 2.45) is 0 Å². The Hall–Kier alpha value is -3.66. The van der Waals surface area contributed by atoms with Crippen molar-refractivity contribution < 1.29 is 9.90 Å². The third-order valence-electron chi connectivity index (χ3n) is 4.23. The average Bonchev–Trinajstić information content (AvgIpc) is 3.19. The minimum absolute atomic E-state index is 0.242. The first-order valence-corrected chi connectivity index (χ1v) is 8.26. The molecular weight excluding hydrogens is 324 g/mol. The van der Waals surface area contributed by atoms with Gasteiger partial charge in [0.2, 0.25) is 0 Å². The van der Waals surface area contributed by atoms with Gasteiger partial charge in [-0.3, -0.25) is 0 Å². The summed E-state index contributed by atoms with van der Waals surface area (Å²) in [4.78, 5) is 11.1. The molecule has 0 unspecified atom stereocenters. The normalized spacial score (nSPS) is 10.6. The molecule has 0 saturated carbocycles. The van der Waals surface area contributed by atoms with Crippen molar-refractivity contribution in [2.75, 3.05) is 0 Å². The standard InChI is InChI=1S/C22H16N2O2/c25-22(26)19-7-4-8-20(15-19)24-14-13-21(23-24)18-11-9-17(10-12-18)16-5-2-1-3-6-16/h1-15H,(H,25,26). The molecule has 1 heterocycles. The van der Waals surface area contributed by atoms with Crippen LogP contribution in [0.1, 0.15) is 10.4 Å². The molecule has 0 saturated heterocycles. The molecule has 0 atom stereocenters. The fourth-order valence-electron chi connectivity index (χ4n) is 2.87. The van der Waals surface area contributed by atoms with E-state index in [-0.39, 0.29) is 5.56 Å². The van der Waals surface area contributed by atoms with Crippen LogP contribution in [-0.4, -0.2) is 20.9 Å². The number of carbonyl (C=O) groups is 1. The number of nitrogens with zero attached hydrogens (tertiary/aromatic N) is 2. The van der Waals surface area contributed by atoms with Crippen molar-refractivity contribution in [3.8, 4) is 28.1 Å². The average molecular weight is 340 g/mol. The van der Waals surface area contributed by atoms with Crippen molar-refractivity contribution >= 4 is 5.97 Å². The second-order valence-electron chi connectivity index (χ2n) is 5.94. The summed E-state index contributed by atoms with van der Waals surface area (Å²) in [6.45, 7) is 0. The molecule has 0 aliphatic carbocycles. The minimum Gasteiger partial charge on any atom is -0.478 e. The zero-order valence-electron chi connectivity index (χ0n) is 13.9. The highest BCUT2D eigenvalue weighted by molar-refractivity contribution is 5.88. The van der Waals surface area contributed by atoms with E-state index in [1.807, 2.05) is 48.7 Å². The Morgan fingerprint density at radius 2 is 1.46 bits per heavy atom. The van der Waals surface area contributed by atoms with E-state index in [4.69, 9.17) is 5.11 Å². The Balaban J connectivity index is 1.62. The molecule has 4 heteroatoms. The molecule has 1 N–H and O–H groups in total. The topological polar surface area (TPSA) is 55.1 Å². The number of aromatic nitrogens is 2. The van der Waals surface area contributed by atoms with Gasteiger partial charge in [-0.2, -0.15) is 5.10 Å². The zero-order chi connectivity index (χ0) is 17.9. The summed E-state index contributed by atoms with van der Waals surface area (Å²) in [5, 5.41) is 13.7.